The third-order valence-electron chi connectivity index (χ3n) is 4.58. The molecule has 2 rings (SSSR count). The maximum absolute atomic E-state index is 12.3. The monoisotopic (exact) mass is 296 g/mol. The van der Waals surface area contributed by atoms with Gasteiger partial charge in [0.1, 0.15) is 11.8 Å². The van der Waals surface area contributed by atoms with Crippen molar-refractivity contribution in [1.82, 2.24) is 9.80 Å². The molecule has 0 saturated carbocycles. The standard InChI is InChI=1S/C15H24N2O4/c18-11-15(12-19)7-4-10-17(15)14(21)6-5-13(20)16-8-2-1-3-9-16/h11,19H,1-10,12H2/t15-/m0/s1. The van der Waals surface area contributed by atoms with E-state index in [1.54, 1.807) is 0 Å². The number of nitrogens with zero attached hydrogens (tertiary/aromatic N) is 2. The van der Waals surface area contributed by atoms with Crippen LogP contribution < -0.4 is 0 Å². The molecule has 2 heterocycles. The molecule has 0 aromatic carbocycles. The number of aliphatic hydroxyl groups is 1. The summed E-state index contributed by atoms with van der Waals surface area (Å²) in [4.78, 5) is 38.8. The number of amides is 2. The van der Waals surface area contributed by atoms with Crippen LogP contribution in [-0.2, 0) is 14.4 Å². The molecule has 1 N–H and O–H groups in total. The predicted molar refractivity (Wildman–Crippen MR) is 76.5 cm³/mol. The molecule has 0 unspecified atom stereocenters. The summed E-state index contributed by atoms with van der Waals surface area (Å²) in [6.45, 7) is 1.70. The minimum Gasteiger partial charge on any atom is -0.393 e. The van der Waals surface area contributed by atoms with Crippen molar-refractivity contribution >= 4 is 18.1 Å². The smallest absolute Gasteiger partial charge is 0.223 e. The van der Waals surface area contributed by atoms with Crippen molar-refractivity contribution in [3.63, 3.8) is 0 Å². The fourth-order valence-corrected chi connectivity index (χ4v) is 3.25. The molecule has 0 aromatic rings. The Bertz CT molecular complexity index is 406. The van der Waals surface area contributed by atoms with Crippen molar-refractivity contribution in [2.75, 3.05) is 26.2 Å². The van der Waals surface area contributed by atoms with Crippen molar-refractivity contribution in [2.45, 2.75) is 50.5 Å². The Morgan fingerprint density at radius 2 is 1.67 bits per heavy atom. The number of likely N-dealkylation sites (tertiary alicyclic amines) is 2. The average molecular weight is 296 g/mol. The van der Waals surface area contributed by atoms with Crippen LogP contribution in [0.25, 0.3) is 0 Å². The second kappa shape index (κ2) is 7.02. The maximum Gasteiger partial charge on any atom is 0.223 e. The third kappa shape index (κ3) is 3.43. The summed E-state index contributed by atoms with van der Waals surface area (Å²) >= 11 is 0. The van der Waals surface area contributed by atoms with Crippen LogP contribution in [0, 0.1) is 0 Å². The van der Waals surface area contributed by atoms with E-state index in [-0.39, 0.29) is 31.3 Å². The van der Waals surface area contributed by atoms with Gasteiger partial charge in [-0.25, -0.2) is 0 Å². The molecule has 1 atom stereocenters. The summed E-state index contributed by atoms with van der Waals surface area (Å²) in [6, 6.07) is 0. The second-order valence-electron chi connectivity index (χ2n) is 5.97. The molecule has 2 aliphatic heterocycles. The summed E-state index contributed by atoms with van der Waals surface area (Å²) in [5.41, 5.74) is -1.06. The Morgan fingerprint density at radius 1 is 1.00 bits per heavy atom. The topological polar surface area (TPSA) is 77.9 Å². The number of piperidine rings is 1. The van der Waals surface area contributed by atoms with Crippen molar-refractivity contribution < 1.29 is 19.5 Å². The minimum atomic E-state index is -1.06. The number of hydrogen-bond acceptors (Lipinski definition) is 4. The summed E-state index contributed by atoms with van der Waals surface area (Å²) in [5.74, 6) is -0.193. The molecule has 2 aliphatic rings. The van der Waals surface area contributed by atoms with Crippen LogP contribution in [0.4, 0.5) is 0 Å². The van der Waals surface area contributed by atoms with Gasteiger partial charge < -0.3 is 19.7 Å². The lowest BCUT2D eigenvalue weighted by atomic mass is 9.99. The van der Waals surface area contributed by atoms with Gasteiger partial charge in [-0.05, 0) is 32.1 Å². The summed E-state index contributed by atoms with van der Waals surface area (Å²) in [5, 5.41) is 9.42. The first kappa shape index (κ1) is 15.9. The van der Waals surface area contributed by atoms with Gasteiger partial charge in [0.2, 0.25) is 11.8 Å². The highest BCUT2D eigenvalue weighted by molar-refractivity contribution is 5.86. The number of aliphatic hydroxyl groups excluding tert-OH is 1. The van der Waals surface area contributed by atoms with Gasteiger partial charge in [0.15, 0.2) is 0 Å². The van der Waals surface area contributed by atoms with Crippen molar-refractivity contribution in [2.24, 2.45) is 0 Å². The molecule has 6 nitrogen and oxygen atoms in total. The molecule has 6 heteroatoms. The van der Waals surface area contributed by atoms with Crippen LogP contribution >= 0.6 is 0 Å². The van der Waals surface area contributed by atoms with Crippen LogP contribution in [0.1, 0.15) is 44.9 Å². The number of hydrogen-bond donors (Lipinski definition) is 1. The van der Waals surface area contributed by atoms with Crippen LogP contribution in [0.2, 0.25) is 0 Å². The number of carbonyl (C=O) groups excluding carboxylic acids is 3. The van der Waals surface area contributed by atoms with Gasteiger partial charge in [-0.2, -0.15) is 0 Å². The van der Waals surface area contributed by atoms with E-state index in [0.717, 1.165) is 32.4 Å². The molecule has 21 heavy (non-hydrogen) atoms. The van der Waals surface area contributed by atoms with E-state index in [1.807, 2.05) is 4.90 Å². The Balaban J connectivity index is 1.86. The van der Waals surface area contributed by atoms with Crippen LogP contribution in [0.5, 0.6) is 0 Å². The van der Waals surface area contributed by atoms with E-state index in [9.17, 15) is 19.5 Å². The molecule has 2 fully saturated rings. The summed E-state index contributed by atoms with van der Waals surface area (Å²) < 4.78 is 0. The lowest BCUT2D eigenvalue weighted by Gasteiger charge is -2.32. The Morgan fingerprint density at radius 3 is 2.29 bits per heavy atom. The summed E-state index contributed by atoms with van der Waals surface area (Å²) in [6.07, 6.45) is 5.42. The molecule has 0 bridgehead atoms. The SMILES string of the molecule is O=C[C@]1(CO)CCCN1C(=O)CCC(=O)N1CCCCC1. The minimum absolute atomic E-state index is 0.0166. The van der Waals surface area contributed by atoms with E-state index in [0.29, 0.717) is 25.7 Å². The molecule has 0 aromatic heterocycles. The Labute approximate surface area is 125 Å². The lowest BCUT2D eigenvalue weighted by Crippen LogP contribution is -2.51. The summed E-state index contributed by atoms with van der Waals surface area (Å²) in [7, 11) is 0. The molecule has 2 amide bonds. The van der Waals surface area contributed by atoms with E-state index in [4.69, 9.17) is 0 Å². The first-order chi connectivity index (χ1) is 10.1. The van der Waals surface area contributed by atoms with E-state index >= 15 is 0 Å². The van der Waals surface area contributed by atoms with Crippen LogP contribution in [0.3, 0.4) is 0 Å². The average Bonchev–Trinajstić information content (AvgIpc) is 2.97. The third-order valence-corrected chi connectivity index (χ3v) is 4.58. The highest BCUT2D eigenvalue weighted by atomic mass is 16.3. The highest BCUT2D eigenvalue weighted by Crippen LogP contribution is 2.28. The number of aldehydes is 1. The number of rotatable bonds is 5. The molecular formula is C15H24N2O4. The van der Waals surface area contributed by atoms with Crippen molar-refractivity contribution in [3.8, 4) is 0 Å². The number of carbonyl (C=O) groups is 3. The Kier molecular flexibility index (Phi) is 5.33. The first-order valence-electron chi connectivity index (χ1n) is 7.78. The van der Waals surface area contributed by atoms with E-state index < -0.39 is 5.54 Å². The van der Waals surface area contributed by atoms with Crippen LogP contribution in [-0.4, -0.2) is 64.8 Å². The molecule has 0 radical (unpaired) electrons. The quantitative estimate of drug-likeness (QED) is 0.742. The van der Waals surface area contributed by atoms with Gasteiger partial charge in [0.05, 0.1) is 6.61 Å². The molecule has 118 valence electrons. The van der Waals surface area contributed by atoms with Gasteiger partial charge in [-0.3, -0.25) is 9.59 Å². The second-order valence-corrected chi connectivity index (χ2v) is 5.97. The molecule has 0 spiro atoms. The zero-order valence-electron chi connectivity index (χ0n) is 12.4. The Hall–Kier alpha value is -1.43. The first-order valence-corrected chi connectivity index (χ1v) is 7.78. The van der Waals surface area contributed by atoms with Crippen LogP contribution in [0.15, 0.2) is 0 Å². The highest BCUT2D eigenvalue weighted by Gasteiger charge is 2.43. The lowest BCUT2D eigenvalue weighted by molar-refractivity contribution is -0.143. The molecule has 0 aliphatic carbocycles. The van der Waals surface area contributed by atoms with Gasteiger partial charge in [-0.1, -0.05) is 0 Å². The maximum atomic E-state index is 12.3. The van der Waals surface area contributed by atoms with Crippen molar-refractivity contribution in [1.29, 1.82) is 0 Å². The molecule has 2 saturated heterocycles. The zero-order chi connectivity index (χ0) is 15.3. The van der Waals surface area contributed by atoms with Gasteiger partial charge in [0.25, 0.3) is 0 Å². The van der Waals surface area contributed by atoms with Gasteiger partial charge >= 0.3 is 0 Å². The van der Waals surface area contributed by atoms with E-state index in [1.165, 1.54) is 4.90 Å². The fourth-order valence-electron chi connectivity index (χ4n) is 3.25. The normalized spacial score (nSPS) is 26.0. The van der Waals surface area contributed by atoms with Gasteiger partial charge in [0, 0.05) is 32.5 Å². The van der Waals surface area contributed by atoms with E-state index in [2.05, 4.69) is 0 Å². The fraction of sp³-hybridized carbons (Fsp3) is 0.800. The largest absolute Gasteiger partial charge is 0.393 e. The molecular weight excluding hydrogens is 272 g/mol. The predicted octanol–water partition coefficient (Wildman–Crippen LogP) is 0.331. The zero-order valence-corrected chi connectivity index (χ0v) is 12.4. The van der Waals surface area contributed by atoms with Crippen molar-refractivity contribution in [3.05, 3.63) is 0 Å². The van der Waals surface area contributed by atoms with Gasteiger partial charge in [-0.15, -0.1) is 0 Å².